The van der Waals surface area contributed by atoms with Crippen molar-refractivity contribution >= 4 is 0 Å². The molecule has 2 rings (SSSR count). The first kappa shape index (κ1) is 13.2. The minimum Gasteiger partial charge on any atom is -0.497 e. The maximum Gasteiger partial charge on any atom is 0.122 e. The number of methoxy groups -OCH3 is 2. The van der Waals surface area contributed by atoms with E-state index in [0.717, 1.165) is 24.6 Å². The summed E-state index contributed by atoms with van der Waals surface area (Å²) in [5.41, 5.74) is 1.72. The van der Waals surface area contributed by atoms with E-state index in [1.165, 1.54) is 24.8 Å². The highest BCUT2D eigenvalue weighted by molar-refractivity contribution is 5.38. The van der Waals surface area contributed by atoms with Gasteiger partial charge in [-0.25, -0.2) is 0 Å². The summed E-state index contributed by atoms with van der Waals surface area (Å²) in [6, 6.07) is 6.01. The van der Waals surface area contributed by atoms with Gasteiger partial charge in [0, 0.05) is 19.2 Å². The first-order chi connectivity index (χ1) is 8.65. The van der Waals surface area contributed by atoms with Crippen molar-refractivity contribution < 1.29 is 9.47 Å². The highest BCUT2D eigenvalue weighted by Crippen LogP contribution is 2.39. The molecule has 1 fully saturated rings. The second-order valence-corrected chi connectivity index (χ2v) is 5.49. The maximum atomic E-state index is 5.27. The number of hydrogen-bond acceptors (Lipinski definition) is 3. The Morgan fingerprint density at radius 2 is 1.72 bits per heavy atom. The van der Waals surface area contributed by atoms with Crippen molar-refractivity contribution in [1.82, 2.24) is 5.32 Å². The summed E-state index contributed by atoms with van der Waals surface area (Å²) in [4.78, 5) is 0. The van der Waals surface area contributed by atoms with Gasteiger partial charge < -0.3 is 14.8 Å². The Morgan fingerprint density at radius 3 is 2.17 bits per heavy atom. The topological polar surface area (TPSA) is 30.5 Å². The molecule has 1 aromatic rings. The summed E-state index contributed by atoms with van der Waals surface area (Å²) in [7, 11) is 3.36. The Bertz CT molecular complexity index is 377. The molecule has 0 atom stereocenters. The van der Waals surface area contributed by atoms with Crippen LogP contribution in [-0.4, -0.2) is 20.8 Å². The number of nitrogens with one attached hydrogen (secondary N) is 1. The predicted molar refractivity (Wildman–Crippen MR) is 73.2 cm³/mol. The fourth-order valence-electron chi connectivity index (χ4n) is 2.43. The lowest BCUT2D eigenvalue weighted by atomic mass is 9.70. The molecule has 1 N–H and O–H groups in total. The van der Waals surface area contributed by atoms with Crippen LogP contribution >= 0.6 is 0 Å². The summed E-state index contributed by atoms with van der Waals surface area (Å²) < 4.78 is 10.5. The fraction of sp³-hybridized carbons (Fsp3) is 0.600. The standard InChI is InChI=1S/C15H23NO2/c1-15(5-4-6-15)11-16-10-12-7-13(17-2)9-14(8-12)18-3/h7-9,16H,4-6,10-11H2,1-3H3. The van der Waals surface area contributed by atoms with Crippen molar-refractivity contribution in [2.75, 3.05) is 20.8 Å². The molecule has 1 saturated carbocycles. The van der Waals surface area contributed by atoms with E-state index in [4.69, 9.17) is 9.47 Å². The number of ether oxygens (including phenoxy) is 2. The van der Waals surface area contributed by atoms with E-state index in [1.54, 1.807) is 14.2 Å². The van der Waals surface area contributed by atoms with E-state index >= 15 is 0 Å². The molecular weight excluding hydrogens is 226 g/mol. The van der Waals surface area contributed by atoms with Gasteiger partial charge >= 0.3 is 0 Å². The SMILES string of the molecule is COc1cc(CNCC2(C)CCC2)cc(OC)c1. The van der Waals surface area contributed by atoms with Crippen LogP contribution in [0.5, 0.6) is 11.5 Å². The quantitative estimate of drug-likeness (QED) is 0.840. The number of rotatable bonds is 6. The molecule has 0 unspecified atom stereocenters. The zero-order valence-electron chi connectivity index (χ0n) is 11.6. The largest absolute Gasteiger partial charge is 0.497 e. The van der Waals surface area contributed by atoms with E-state index in [2.05, 4.69) is 24.4 Å². The maximum absolute atomic E-state index is 5.27. The molecule has 100 valence electrons. The van der Waals surface area contributed by atoms with Gasteiger partial charge in [-0.1, -0.05) is 13.3 Å². The minimum absolute atomic E-state index is 0.517. The molecule has 1 aromatic carbocycles. The molecule has 0 saturated heterocycles. The van der Waals surface area contributed by atoms with Gasteiger partial charge in [0.25, 0.3) is 0 Å². The van der Waals surface area contributed by atoms with Gasteiger partial charge in [-0.2, -0.15) is 0 Å². The van der Waals surface area contributed by atoms with E-state index < -0.39 is 0 Å². The van der Waals surface area contributed by atoms with Crippen molar-refractivity contribution in [3.05, 3.63) is 23.8 Å². The normalized spacial score (nSPS) is 17.1. The summed E-state index contributed by atoms with van der Waals surface area (Å²) in [5.74, 6) is 1.70. The third-order valence-electron chi connectivity index (χ3n) is 3.85. The van der Waals surface area contributed by atoms with Gasteiger partial charge in [-0.05, 0) is 36.0 Å². The Hall–Kier alpha value is -1.22. The molecule has 0 bridgehead atoms. The van der Waals surface area contributed by atoms with Crippen LogP contribution in [0, 0.1) is 5.41 Å². The second kappa shape index (κ2) is 5.61. The molecule has 0 radical (unpaired) electrons. The number of hydrogen-bond donors (Lipinski definition) is 1. The lowest BCUT2D eigenvalue weighted by molar-refractivity contribution is 0.156. The van der Waals surface area contributed by atoms with Crippen molar-refractivity contribution in [3.8, 4) is 11.5 Å². The van der Waals surface area contributed by atoms with Crippen molar-refractivity contribution in [2.24, 2.45) is 5.41 Å². The summed E-state index contributed by atoms with van der Waals surface area (Å²) in [5, 5.41) is 3.54. The average Bonchev–Trinajstić information content (AvgIpc) is 2.36. The van der Waals surface area contributed by atoms with Gasteiger partial charge in [-0.3, -0.25) is 0 Å². The lowest BCUT2D eigenvalue weighted by Crippen LogP contribution is -2.36. The number of benzene rings is 1. The van der Waals surface area contributed by atoms with Gasteiger partial charge in [0.05, 0.1) is 14.2 Å². The summed E-state index contributed by atoms with van der Waals surface area (Å²) in [6.45, 7) is 4.31. The molecule has 0 spiro atoms. The van der Waals surface area contributed by atoms with Gasteiger partial charge in [0.1, 0.15) is 11.5 Å². The first-order valence-corrected chi connectivity index (χ1v) is 6.58. The van der Waals surface area contributed by atoms with E-state index in [0.29, 0.717) is 5.41 Å². The molecule has 3 nitrogen and oxygen atoms in total. The van der Waals surface area contributed by atoms with E-state index in [9.17, 15) is 0 Å². The van der Waals surface area contributed by atoms with Crippen molar-refractivity contribution in [2.45, 2.75) is 32.7 Å². The zero-order valence-corrected chi connectivity index (χ0v) is 11.6. The molecule has 1 aliphatic rings. The molecule has 0 aliphatic heterocycles. The zero-order chi connectivity index (χ0) is 13.0. The molecule has 1 aliphatic carbocycles. The van der Waals surface area contributed by atoms with Crippen LogP contribution in [0.2, 0.25) is 0 Å². The van der Waals surface area contributed by atoms with Crippen LogP contribution in [0.25, 0.3) is 0 Å². The highest BCUT2D eigenvalue weighted by atomic mass is 16.5. The Morgan fingerprint density at radius 1 is 1.11 bits per heavy atom. The molecule has 0 heterocycles. The molecule has 18 heavy (non-hydrogen) atoms. The fourth-order valence-corrected chi connectivity index (χ4v) is 2.43. The van der Waals surface area contributed by atoms with E-state index in [1.807, 2.05) is 6.07 Å². The minimum atomic E-state index is 0.517. The van der Waals surface area contributed by atoms with Crippen LogP contribution in [-0.2, 0) is 6.54 Å². The average molecular weight is 249 g/mol. The highest BCUT2D eigenvalue weighted by Gasteiger charge is 2.30. The van der Waals surface area contributed by atoms with Gasteiger partial charge in [-0.15, -0.1) is 0 Å². The smallest absolute Gasteiger partial charge is 0.122 e. The third kappa shape index (κ3) is 3.16. The summed E-state index contributed by atoms with van der Waals surface area (Å²) >= 11 is 0. The van der Waals surface area contributed by atoms with Crippen molar-refractivity contribution in [1.29, 1.82) is 0 Å². The predicted octanol–water partition coefficient (Wildman–Crippen LogP) is 2.98. The van der Waals surface area contributed by atoms with Crippen LogP contribution in [0.3, 0.4) is 0 Å². The van der Waals surface area contributed by atoms with Crippen LogP contribution in [0.15, 0.2) is 18.2 Å². The molecular formula is C15H23NO2. The van der Waals surface area contributed by atoms with Crippen LogP contribution < -0.4 is 14.8 Å². The Kier molecular flexibility index (Phi) is 4.12. The monoisotopic (exact) mass is 249 g/mol. The van der Waals surface area contributed by atoms with Gasteiger partial charge in [0.2, 0.25) is 0 Å². The molecule has 0 amide bonds. The first-order valence-electron chi connectivity index (χ1n) is 6.58. The summed E-state index contributed by atoms with van der Waals surface area (Å²) in [6.07, 6.45) is 4.08. The van der Waals surface area contributed by atoms with Crippen LogP contribution in [0.1, 0.15) is 31.7 Å². The second-order valence-electron chi connectivity index (χ2n) is 5.49. The molecule has 3 heteroatoms. The van der Waals surface area contributed by atoms with Gasteiger partial charge in [0.15, 0.2) is 0 Å². The lowest BCUT2D eigenvalue weighted by Gasteiger charge is -2.38. The Balaban J connectivity index is 1.91. The third-order valence-corrected chi connectivity index (χ3v) is 3.85. The Labute approximate surface area is 109 Å². The van der Waals surface area contributed by atoms with Crippen molar-refractivity contribution in [3.63, 3.8) is 0 Å². The van der Waals surface area contributed by atoms with E-state index in [-0.39, 0.29) is 0 Å². The molecule has 0 aromatic heterocycles. The van der Waals surface area contributed by atoms with Crippen LogP contribution in [0.4, 0.5) is 0 Å².